The summed E-state index contributed by atoms with van der Waals surface area (Å²) in [7, 11) is 0. The third-order valence-corrected chi connectivity index (χ3v) is 7.99. The summed E-state index contributed by atoms with van der Waals surface area (Å²) >= 11 is 0. The van der Waals surface area contributed by atoms with Gasteiger partial charge in [0, 0.05) is 32.9 Å². The van der Waals surface area contributed by atoms with Crippen LogP contribution in [0.15, 0.2) is 140 Å². The average Bonchev–Trinajstić information content (AvgIpc) is 3.50. The first kappa shape index (κ1) is 22.0. The van der Waals surface area contributed by atoms with Crippen molar-refractivity contribution < 1.29 is 0 Å². The molecule has 2 heteroatoms. The maximum absolute atomic E-state index is 2.38. The van der Waals surface area contributed by atoms with Crippen LogP contribution in [0.5, 0.6) is 0 Å². The molecule has 0 fully saturated rings. The Hall–Kier alpha value is -5.08. The fraction of sp³-hybridized carbons (Fsp3) is 0.0270. The van der Waals surface area contributed by atoms with Crippen LogP contribution in [-0.2, 0) is 0 Å². The van der Waals surface area contributed by atoms with Crippen molar-refractivity contribution in [3.8, 4) is 22.5 Å². The lowest BCUT2D eigenvalue weighted by Gasteiger charge is -2.09. The number of fused-ring (bicyclic) bond motifs is 6. The summed E-state index contributed by atoms with van der Waals surface area (Å²) in [6.45, 7) is 2.13. The first-order valence-electron chi connectivity index (χ1n) is 13.5. The number of benzene rings is 6. The first-order chi connectivity index (χ1) is 19.3. The van der Waals surface area contributed by atoms with Crippen LogP contribution in [0.4, 0.5) is 0 Å². The van der Waals surface area contributed by atoms with E-state index >= 15 is 0 Å². The zero-order chi connectivity index (χ0) is 25.9. The summed E-state index contributed by atoms with van der Waals surface area (Å²) in [5.74, 6) is 0. The van der Waals surface area contributed by atoms with E-state index in [4.69, 9.17) is 0 Å². The lowest BCUT2D eigenvalue weighted by molar-refractivity contribution is 1.17. The second-order valence-electron chi connectivity index (χ2n) is 10.3. The molecular formula is C37H26N2. The average molecular weight is 499 g/mol. The molecule has 2 aromatic heterocycles. The van der Waals surface area contributed by atoms with Crippen LogP contribution in [0.2, 0.25) is 0 Å². The summed E-state index contributed by atoms with van der Waals surface area (Å²) in [5.41, 5.74) is 11.0. The van der Waals surface area contributed by atoms with Crippen molar-refractivity contribution in [1.82, 2.24) is 9.13 Å². The van der Waals surface area contributed by atoms with Gasteiger partial charge in [0.05, 0.1) is 22.1 Å². The Morgan fingerprint density at radius 1 is 0.359 bits per heavy atom. The van der Waals surface area contributed by atoms with Gasteiger partial charge in [-0.25, -0.2) is 0 Å². The predicted octanol–water partition coefficient (Wildman–Crippen LogP) is 9.86. The molecule has 0 saturated carbocycles. The van der Waals surface area contributed by atoms with Crippen molar-refractivity contribution >= 4 is 43.6 Å². The molecule has 39 heavy (non-hydrogen) atoms. The third-order valence-electron chi connectivity index (χ3n) is 7.99. The molecule has 8 aromatic rings. The number of aromatic nitrogens is 2. The van der Waals surface area contributed by atoms with Gasteiger partial charge in [-0.05, 0) is 78.7 Å². The van der Waals surface area contributed by atoms with E-state index in [1.807, 2.05) is 0 Å². The fourth-order valence-corrected chi connectivity index (χ4v) is 6.13. The van der Waals surface area contributed by atoms with E-state index in [1.165, 1.54) is 71.7 Å². The molecule has 0 aliphatic rings. The summed E-state index contributed by atoms with van der Waals surface area (Å²) in [4.78, 5) is 0. The highest BCUT2D eigenvalue weighted by Gasteiger charge is 2.15. The van der Waals surface area contributed by atoms with Crippen LogP contribution in [0.3, 0.4) is 0 Å². The molecule has 0 aliphatic heterocycles. The minimum atomic E-state index is 1.18. The van der Waals surface area contributed by atoms with Gasteiger partial charge in [0.1, 0.15) is 0 Å². The van der Waals surface area contributed by atoms with Gasteiger partial charge >= 0.3 is 0 Å². The Kier molecular flexibility index (Phi) is 4.77. The molecule has 0 spiro atoms. The van der Waals surface area contributed by atoms with Crippen LogP contribution in [0, 0.1) is 6.92 Å². The molecule has 0 N–H and O–H groups in total. The van der Waals surface area contributed by atoms with Gasteiger partial charge in [-0.3, -0.25) is 0 Å². The summed E-state index contributed by atoms with van der Waals surface area (Å²) < 4.78 is 4.75. The van der Waals surface area contributed by atoms with Crippen LogP contribution in [0.1, 0.15) is 5.56 Å². The fourth-order valence-electron chi connectivity index (χ4n) is 6.13. The maximum atomic E-state index is 2.38. The maximum Gasteiger partial charge on any atom is 0.0541 e. The number of hydrogen-bond donors (Lipinski definition) is 0. The minimum Gasteiger partial charge on any atom is -0.309 e. The lowest BCUT2D eigenvalue weighted by Crippen LogP contribution is -1.93. The van der Waals surface area contributed by atoms with Crippen LogP contribution in [0.25, 0.3) is 66.1 Å². The molecule has 0 unspecified atom stereocenters. The molecule has 2 nitrogen and oxygen atoms in total. The van der Waals surface area contributed by atoms with Gasteiger partial charge in [-0.1, -0.05) is 84.4 Å². The quantitative estimate of drug-likeness (QED) is 0.229. The minimum absolute atomic E-state index is 1.18. The van der Waals surface area contributed by atoms with Crippen molar-refractivity contribution in [1.29, 1.82) is 0 Å². The summed E-state index contributed by atoms with van der Waals surface area (Å²) in [6, 6.07) is 50.7. The Labute approximate surface area is 227 Å². The van der Waals surface area contributed by atoms with E-state index in [9.17, 15) is 0 Å². The van der Waals surface area contributed by atoms with E-state index < -0.39 is 0 Å². The lowest BCUT2D eigenvalue weighted by atomic mass is 10.0. The van der Waals surface area contributed by atoms with Gasteiger partial charge < -0.3 is 9.13 Å². The highest BCUT2D eigenvalue weighted by molar-refractivity contribution is 6.12. The number of rotatable bonds is 3. The van der Waals surface area contributed by atoms with E-state index in [1.54, 1.807) is 0 Å². The Morgan fingerprint density at radius 3 is 1.33 bits per heavy atom. The van der Waals surface area contributed by atoms with Gasteiger partial charge in [-0.15, -0.1) is 0 Å². The summed E-state index contributed by atoms with van der Waals surface area (Å²) in [6.07, 6.45) is 0. The third kappa shape index (κ3) is 3.35. The Bertz CT molecular complexity index is 2160. The van der Waals surface area contributed by atoms with Crippen molar-refractivity contribution in [3.63, 3.8) is 0 Å². The number of aryl methyl sites for hydroxylation is 1. The number of nitrogens with zero attached hydrogens (tertiary/aromatic N) is 2. The molecule has 6 aromatic carbocycles. The second kappa shape index (κ2) is 8.47. The molecule has 0 atom stereocenters. The largest absolute Gasteiger partial charge is 0.309 e. The molecule has 0 aliphatic carbocycles. The SMILES string of the molecule is Cc1ccc(-n2c3ccccc3c3cc(-c4ccc5c(c4)c4ccccc4n5-c4ccccc4)ccc32)cc1. The van der Waals surface area contributed by atoms with Crippen molar-refractivity contribution in [2.45, 2.75) is 6.92 Å². The highest BCUT2D eigenvalue weighted by atomic mass is 15.0. The Morgan fingerprint density at radius 2 is 0.795 bits per heavy atom. The Balaban J connectivity index is 1.35. The number of para-hydroxylation sites is 3. The van der Waals surface area contributed by atoms with E-state index in [-0.39, 0.29) is 0 Å². The van der Waals surface area contributed by atoms with Gasteiger partial charge in [0.2, 0.25) is 0 Å². The first-order valence-corrected chi connectivity index (χ1v) is 13.5. The van der Waals surface area contributed by atoms with Crippen molar-refractivity contribution in [2.24, 2.45) is 0 Å². The highest BCUT2D eigenvalue weighted by Crippen LogP contribution is 2.38. The van der Waals surface area contributed by atoms with Crippen LogP contribution >= 0.6 is 0 Å². The van der Waals surface area contributed by atoms with Crippen molar-refractivity contribution in [2.75, 3.05) is 0 Å². The molecule has 0 amide bonds. The molecule has 184 valence electrons. The van der Waals surface area contributed by atoms with E-state index in [0.29, 0.717) is 0 Å². The molecule has 0 radical (unpaired) electrons. The van der Waals surface area contributed by atoms with E-state index in [2.05, 4.69) is 156 Å². The van der Waals surface area contributed by atoms with Crippen LogP contribution < -0.4 is 0 Å². The van der Waals surface area contributed by atoms with Gasteiger partial charge in [0.25, 0.3) is 0 Å². The zero-order valence-electron chi connectivity index (χ0n) is 21.7. The molecule has 8 rings (SSSR count). The summed E-state index contributed by atoms with van der Waals surface area (Å²) in [5, 5.41) is 5.09. The topological polar surface area (TPSA) is 9.86 Å². The molecule has 0 bridgehead atoms. The zero-order valence-corrected chi connectivity index (χ0v) is 21.7. The second-order valence-corrected chi connectivity index (χ2v) is 10.3. The van der Waals surface area contributed by atoms with Crippen molar-refractivity contribution in [3.05, 3.63) is 145 Å². The van der Waals surface area contributed by atoms with Gasteiger partial charge in [0.15, 0.2) is 0 Å². The monoisotopic (exact) mass is 498 g/mol. The van der Waals surface area contributed by atoms with Gasteiger partial charge in [-0.2, -0.15) is 0 Å². The predicted molar refractivity (Wildman–Crippen MR) is 165 cm³/mol. The molecule has 0 saturated heterocycles. The van der Waals surface area contributed by atoms with E-state index in [0.717, 1.165) is 0 Å². The normalized spacial score (nSPS) is 11.7. The molecule has 2 heterocycles. The van der Waals surface area contributed by atoms with Crippen LogP contribution in [-0.4, -0.2) is 9.13 Å². The molecular weight excluding hydrogens is 472 g/mol. The standard InChI is InChI=1S/C37H26N2/c1-25-15-19-29(20-16-25)39-35-14-8-6-12-31(35)33-24-27(18-22-37(33)39)26-17-21-36-32(23-26)30-11-5-7-13-34(30)38(36)28-9-3-2-4-10-28/h2-24H,1H3. The smallest absolute Gasteiger partial charge is 0.0541 e. The number of hydrogen-bond acceptors (Lipinski definition) is 0.